The average Bonchev–Trinajstić information content (AvgIpc) is 2.40. The second-order valence-electron chi connectivity index (χ2n) is 4.09. The van der Waals surface area contributed by atoms with Gasteiger partial charge in [-0.15, -0.1) is 0 Å². The number of benzene rings is 1. The number of methoxy groups -OCH3 is 1. The predicted molar refractivity (Wildman–Crippen MR) is 71.2 cm³/mol. The number of nitrogens with one attached hydrogen (secondary N) is 1. The number of hydrogen-bond donors (Lipinski definition) is 2. The number of nitrogens with zero attached hydrogens (tertiary/aromatic N) is 1. The molecule has 0 aliphatic carbocycles. The van der Waals surface area contributed by atoms with Gasteiger partial charge < -0.3 is 20.7 Å². The average molecular weight is 270 g/mol. The van der Waals surface area contributed by atoms with Crippen molar-refractivity contribution in [1.82, 2.24) is 10.2 Å². The highest BCUT2D eigenvalue weighted by Gasteiger charge is 2.22. The second kappa shape index (κ2) is 5.46. The molecule has 0 radical (unpaired) electrons. The summed E-state index contributed by atoms with van der Waals surface area (Å²) in [6.45, 7) is 2.97. The Kier molecular flexibility index (Phi) is 3.93. The SMILES string of the molecule is COc1c(N)ccc(C(=O)N2CCNCC2)c1Cl. The van der Waals surface area contributed by atoms with Crippen LogP contribution in [-0.4, -0.2) is 44.1 Å². The van der Waals surface area contributed by atoms with Crippen molar-refractivity contribution in [3.8, 4) is 5.75 Å². The lowest BCUT2D eigenvalue weighted by Gasteiger charge is -2.28. The van der Waals surface area contributed by atoms with E-state index in [1.807, 2.05) is 0 Å². The van der Waals surface area contributed by atoms with Gasteiger partial charge in [-0.3, -0.25) is 4.79 Å². The fraction of sp³-hybridized carbons (Fsp3) is 0.417. The minimum absolute atomic E-state index is 0.0835. The van der Waals surface area contributed by atoms with Gasteiger partial charge in [-0.1, -0.05) is 11.6 Å². The van der Waals surface area contributed by atoms with Crippen LogP contribution in [0.2, 0.25) is 5.02 Å². The van der Waals surface area contributed by atoms with E-state index in [1.165, 1.54) is 7.11 Å². The quantitative estimate of drug-likeness (QED) is 0.786. The molecule has 6 heteroatoms. The summed E-state index contributed by atoms with van der Waals surface area (Å²) in [6, 6.07) is 3.28. The fourth-order valence-electron chi connectivity index (χ4n) is 1.98. The zero-order chi connectivity index (χ0) is 13.1. The number of amides is 1. The number of ether oxygens (including phenoxy) is 1. The van der Waals surface area contributed by atoms with Crippen molar-refractivity contribution in [2.45, 2.75) is 0 Å². The van der Waals surface area contributed by atoms with Crippen molar-refractivity contribution >= 4 is 23.2 Å². The third kappa shape index (κ3) is 2.37. The van der Waals surface area contributed by atoms with Gasteiger partial charge in [-0.2, -0.15) is 0 Å². The molecule has 3 N–H and O–H groups in total. The van der Waals surface area contributed by atoms with E-state index in [1.54, 1.807) is 17.0 Å². The maximum atomic E-state index is 12.3. The Morgan fingerprint density at radius 2 is 2.11 bits per heavy atom. The van der Waals surface area contributed by atoms with E-state index in [-0.39, 0.29) is 10.9 Å². The predicted octanol–water partition coefficient (Wildman–Crippen LogP) is 0.976. The number of piperazine rings is 1. The Hall–Kier alpha value is -1.46. The maximum Gasteiger partial charge on any atom is 0.255 e. The van der Waals surface area contributed by atoms with Gasteiger partial charge in [0.1, 0.15) is 0 Å². The Labute approximate surface area is 111 Å². The number of anilines is 1. The van der Waals surface area contributed by atoms with Crippen molar-refractivity contribution in [3.63, 3.8) is 0 Å². The van der Waals surface area contributed by atoms with Gasteiger partial charge in [0.2, 0.25) is 0 Å². The molecular formula is C12H16ClN3O2. The summed E-state index contributed by atoms with van der Waals surface area (Å²) in [5.74, 6) is 0.275. The van der Waals surface area contributed by atoms with Crippen molar-refractivity contribution in [1.29, 1.82) is 0 Å². The molecule has 1 heterocycles. The molecule has 1 fully saturated rings. The topological polar surface area (TPSA) is 67.6 Å². The Morgan fingerprint density at radius 1 is 1.44 bits per heavy atom. The summed E-state index contributed by atoms with van der Waals surface area (Å²) in [4.78, 5) is 14.1. The van der Waals surface area contributed by atoms with Crippen LogP contribution in [0.4, 0.5) is 5.69 Å². The minimum atomic E-state index is -0.0835. The Morgan fingerprint density at radius 3 is 2.72 bits per heavy atom. The first-order valence-electron chi connectivity index (χ1n) is 5.77. The second-order valence-corrected chi connectivity index (χ2v) is 4.47. The highest BCUT2D eigenvalue weighted by atomic mass is 35.5. The summed E-state index contributed by atoms with van der Waals surface area (Å²) in [5.41, 5.74) is 6.60. The monoisotopic (exact) mass is 269 g/mol. The number of carbonyl (C=O) groups is 1. The van der Waals surface area contributed by atoms with Gasteiger partial charge in [0.05, 0.1) is 23.4 Å². The zero-order valence-corrected chi connectivity index (χ0v) is 11.0. The van der Waals surface area contributed by atoms with Crippen LogP contribution in [-0.2, 0) is 0 Å². The first kappa shape index (κ1) is 13.0. The van der Waals surface area contributed by atoms with Crippen LogP contribution in [0.25, 0.3) is 0 Å². The van der Waals surface area contributed by atoms with Gasteiger partial charge in [0, 0.05) is 26.2 Å². The molecule has 18 heavy (non-hydrogen) atoms. The molecule has 1 saturated heterocycles. The van der Waals surface area contributed by atoms with Gasteiger partial charge >= 0.3 is 0 Å². The molecule has 98 valence electrons. The standard InChI is InChI=1S/C12H16ClN3O2/c1-18-11-9(14)3-2-8(10(11)13)12(17)16-6-4-15-5-7-16/h2-3,15H,4-7,14H2,1H3. The molecule has 0 unspecified atom stereocenters. The lowest BCUT2D eigenvalue weighted by atomic mass is 10.1. The van der Waals surface area contributed by atoms with Crippen molar-refractivity contribution in [3.05, 3.63) is 22.7 Å². The summed E-state index contributed by atoms with van der Waals surface area (Å²) in [7, 11) is 1.48. The summed E-state index contributed by atoms with van der Waals surface area (Å²) in [6.07, 6.45) is 0. The molecule has 0 saturated carbocycles. The molecule has 1 amide bonds. The van der Waals surface area contributed by atoms with Crippen LogP contribution < -0.4 is 15.8 Å². The number of carbonyl (C=O) groups excluding carboxylic acids is 1. The molecule has 1 aliphatic heterocycles. The molecule has 2 rings (SSSR count). The number of hydrogen-bond acceptors (Lipinski definition) is 4. The molecule has 0 atom stereocenters. The molecule has 1 aliphatic rings. The van der Waals surface area contributed by atoms with E-state index in [0.29, 0.717) is 30.1 Å². The van der Waals surface area contributed by atoms with Crippen molar-refractivity contribution in [2.24, 2.45) is 0 Å². The van der Waals surface area contributed by atoms with E-state index < -0.39 is 0 Å². The number of rotatable bonds is 2. The van der Waals surface area contributed by atoms with Gasteiger partial charge in [-0.05, 0) is 12.1 Å². The van der Waals surface area contributed by atoms with Crippen LogP contribution in [0.15, 0.2) is 12.1 Å². The summed E-state index contributed by atoms with van der Waals surface area (Å²) >= 11 is 6.16. The summed E-state index contributed by atoms with van der Waals surface area (Å²) in [5, 5.41) is 3.47. The van der Waals surface area contributed by atoms with E-state index >= 15 is 0 Å². The van der Waals surface area contributed by atoms with Crippen molar-refractivity contribution in [2.75, 3.05) is 39.0 Å². The zero-order valence-electron chi connectivity index (χ0n) is 10.2. The molecule has 0 spiro atoms. The van der Waals surface area contributed by atoms with Crippen molar-refractivity contribution < 1.29 is 9.53 Å². The molecule has 1 aromatic rings. The molecular weight excluding hydrogens is 254 g/mol. The number of halogens is 1. The van der Waals surface area contributed by atoms with Crippen LogP contribution in [0.1, 0.15) is 10.4 Å². The van der Waals surface area contributed by atoms with Crippen LogP contribution in [0, 0.1) is 0 Å². The highest BCUT2D eigenvalue weighted by Crippen LogP contribution is 2.34. The van der Waals surface area contributed by atoms with E-state index in [9.17, 15) is 4.79 Å². The Bertz CT molecular complexity index is 459. The van der Waals surface area contributed by atoms with Gasteiger partial charge in [0.25, 0.3) is 5.91 Å². The third-order valence-corrected chi connectivity index (χ3v) is 3.34. The lowest BCUT2D eigenvalue weighted by Crippen LogP contribution is -2.46. The molecule has 5 nitrogen and oxygen atoms in total. The summed E-state index contributed by atoms with van der Waals surface area (Å²) < 4.78 is 5.11. The van der Waals surface area contributed by atoms with E-state index in [2.05, 4.69) is 5.32 Å². The lowest BCUT2D eigenvalue weighted by molar-refractivity contribution is 0.0735. The first-order chi connectivity index (χ1) is 8.65. The van der Waals surface area contributed by atoms with Gasteiger partial charge in [0.15, 0.2) is 5.75 Å². The molecule has 1 aromatic carbocycles. The third-order valence-electron chi connectivity index (χ3n) is 2.97. The normalized spacial score (nSPS) is 15.6. The van der Waals surface area contributed by atoms with E-state index in [0.717, 1.165) is 13.1 Å². The Balaban J connectivity index is 2.30. The largest absolute Gasteiger partial charge is 0.493 e. The van der Waals surface area contributed by atoms with Crippen LogP contribution in [0.5, 0.6) is 5.75 Å². The molecule has 0 bridgehead atoms. The maximum absolute atomic E-state index is 12.3. The fourth-order valence-corrected chi connectivity index (χ4v) is 2.31. The number of nitrogen functional groups attached to an aromatic ring is 1. The minimum Gasteiger partial charge on any atom is -0.493 e. The smallest absolute Gasteiger partial charge is 0.255 e. The van der Waals surface area contributed by atoms with Crippen LogP contribution >= 0.6 is 11.6 Å². The first-order valence-corrected chi connectivity index (χ1v) is 6.15. The molecule has 0 aromatic heterocycles. The van der Waals surface area contributed by atoms with E-state index in [4.69, 9.17) is 22.1 Å². The number of nitrogens with two attached hydrogens (primary N) is 1. The highest BCUT2D eigenvalue weighted by molar-refractivity contribution is 6.35. The van der Waals surface area contributed by atoms with Crippen LogP contribution in [0.3, 0.4) is 0 Å². The van der Waals surface area contributed by atoms with Gasteiger partial charge in [-0.25, -0.2) is 0 Å².